The van der Waals surface area contributed by atoms with Crippen molar-refractivity contribution in [2.24, 2.45) is 0 Å². The number of rotatable bonds is 5. The minimum absolute atomic E-state index is 0.116. The van der Waals surface area contributed by atoms with E-state index in [2.05, 4.69) is 0 Å². The summed E-state index contributed by atoms with van der Waals surface area (Å²) >= 11 is 0. The van der Waals surface area contributed by atoms with E-state index in [1.165, 1.54) is 0 Å². The average molecular weight is 181 g/mol. The number of hydrogen-bond acceptors (Lipinski definition) is 3. The van der Waals surface area contributed by atoms with Crippen LogP contribution in [0.3, 0.4) is 0 Å². The van der Waals surface area contributed by atoms with E-state index in [-0.39, 0.29) is 13.2 Å². The Hall–Kier alpha value is -0.900. The second-order valence-electron chi connectivity index (χ2n) is 2.70. The van der Waals surface area contributed by atoms with Crippen LogP contribution in [0, 0.1) is 6.61 Å². The predicted molar refractivity (Wildman–Crippen MR) is 48.9 cm³/mol. The van der Waals surface area contributed by atoms with Crippen molar-refractivity contribution in [3.05, 3.63) is 42.5 Å². The molecule has 1 radical (unpaired) electrons. The summed E-state index contributed by atoms with van der Waals surface area (Å²) in [7, 11) is 0. The van der Waals surface area contributed by atoms with Crippen molar-refractivity contribution in [1.29, 1.82) is 0 Å². The Labute approximate surface area is 77.6 Å². The van der Waals surface area contributed by atoms with Gasteiger partial charge in [0.1, 0.15) is 12.7 Å². The van der Waals surface area contributed by atoms with Crippen LogP contribution in [0.25, 0.3) is 0 Å². The SMILES string of the molecule is OCC(O)CO[CH]c1ccccc1. The third kappa shape index (κ3) is 4.03. The van der Waals surface area contributed by atoms with E-state index in [1.807, 2.05) is 30.3 Å². The van der Waals surface area contributed by atoms with Crippen molar-refractivity contribution in [3.63, 3.8) is 0 Å². The van der Waals surface area contributed by atoms with Crippen molar-refractivity contribution < 1.29 is 14.9 Å². The van der Waals surface area contributed by atoms with Gasteiger partial charge in [0.25, 0.3) is 0 Å². The van der Waals surface area contributed by atoms with Crippen LogP contribution in [0.1, 0.15) is 5.56 Å². The van der Waals surface area contributed by atoms with E-state index in [4.69, 9.17) is 14.9 Å². The molecule has 3 nitrogen and oxygen atoms in total. The first kappa shape index (κ1) is 10.2. The van der Waals surface area contributed by atoms with E-state index in [0.717, 1.165) is 5.56 Å². The number of hydrogen-bond donors (Lipinski definition) is 2. The number of aliphatic hydroxyl groups is 2. The van der Waals surface area contributed by atoms with Crippen LogP contribution in [-0.2, 0) is 4.74 Å². The molecule has 0 heterocycles. The lowest BCUT2D eigenvalue weighted by atomic mass is 10.2. The molecule has 0 amide bonds. The van der Waals surface area contributed by atoms with Gasteiger partial charge in [0.2, 0.25) is 0 Å². The van der Waals surface area contributed by atoms with Crippen molar-refractivity contribution >= 4 is 0 Å². The molecule has 3 heteroatoms. The molecule has 71 valence electrons. The molecular formula is C10H13O3. The molecule has 0 aliphatic carbocycles. The maximum atomic E-state index is 8.94. The first-order chi connectivity index (χ1) is 6.33. The van der Waals surface area contributed by atoms with Gasteiger partial charge in [-0.05, 0) is 5.56 Å². The van der Waals surface area contributed by atoms with Crippen LogP contribution in [0.4, 0.5) is 0 Å². The van der Waals surface area contributed by atoms with Gasteiger partial charge in [0.05, 0.1) is 13.2 Å². The molecular weight excluding hydrogens is 168 g/mol. The maximum Gasteiger partial charge on any atom is 0.113 e. The fraction of sp³-hybridized carbons (Fsp3) is 0.300. The second kappa shape index (κ2) is 5.70. The van der Waals surface area contributed by atoms with Gasteiger partial charge in [-0.15, -0.1) is 0 Å². The van der Waals surface area contributed by atoms with Crippen molar-refractivity contribution in [2.45, 2.75) is 6.10 Å². The van der Waals surface area contributed by atoms with E-state index >= 15 is 0 Å². The summed E-state index contributed by atoms with van der Waals surface area (Å²) in [5.41, 5.74) is 0.938. The number of aliphatic hydroxyl groups excluding tert-OH is 2. The molecule has 0 aliphatic rings. The Morgan fingerprint density at radius 2 is 2.00 bits per heavy atom. The van der Waals surface area contributed by atoms with Crippen LogP contribution >= 0.6 is 0 Å². The molecule has 13 heavy (non-hydrogen) atoms. The van der Waals surface area contributed by atoms with Gasteiger partial charge < -0.3 is 14.9 Å². The van der Waals surface area contributed by atoms with E-state index in [9.17, 15) is 0 Å². The van der Waals surface area contributed by atoms with E-state index in [1.54, 1.807) is 6.61 Å². The third-order valence-corrected chi connectivity index (χ3v) is 1.52. The molecule has 0 saturated heterocycles. The van der Waals surface area contributed by atoms with Crippen LogP contribution in [0.15, 0.2) is 30.3 Å². The van der Waals surface area contributed by atoms with E-state index in [0.29, 0.717) is 0 Å². The van der Waals surface area contributed by atoms with Gasteiger partial charge in [-0.25, -0.2) is 0 Å². The quantitative estimate of drug-likeness (QED) is 0.698. The maximum absolute atomic E-state index is 8.94. The summed E-state index contributed by atoms with van der Waals surface area (Å²) in [6.07, 6.45) is -0.806. The van der Waals surface area contributed by atoms with Gasteiger partial charge in [-0.2, -0.15) is 0 Å². The lowest BCUT2D eigenvalue weighted by molar-refractivity contribution is 0.0298. The van der Waals surface area contributed by atoms with Crippen molar-refractivity contribution in [3.8, 4) is 0 Å². The highest BCUT2D eigenvalue weighted by molar-refractivity contribution is 5.19. The second-order valence-corrected chi connectivity index (χ2v) is 2.70. The fourth-order valence-electron chi connectivity index (χ4n) is 0.840. The average Bonchev–Trinajstić information content (AvgIpc) is 2.19. The topological polar surface area (TPSA) is 49.7 Å². The molecule has 0 saturated carbocycles. The Bertz CT molecular complexity index is 223. The molecule has 1 aromatic rings. The van der Waals surface area contributed by atoms with E-state index < -0.39 is 6.10 Å². The van der Waals surface area contributed by atoms with Crippen LogP contribution in [0.2, 0.25) is 0 Å². The molecule has 0 spiro atoms. The Morgan fingerprint density at radius 3 is 2.62 bits per heavy atom. The van der Waals surface area contributed by atoms with Gasteiger partial charge in [0, 0.05) is 0 Å². The lowest BCUT2D eigenvalue weighted by Crippen LogP contribution is -2.18. The fourth-order valence-corrected chi connectivity index (χ4v) is 0.840. The van der Waals surface area contributed by atoms with Crippen LogP contribution < -0.4 is 0 Å². The summed E-state index contributed by atoms with van der Waals surface area (Å²) < 4.78 is 5.04. The number of benzene rings is 1. The highest BCUT2D eigenvalue weighted by Gasteiger charge is 2.01. The molecule has 0 aliphatic heterocycles. The van der Waals surface area contributed by atoms with Gasteiger partial charge in [-0.1, -0.05) is 30.3 Å². The third-order valence-electron chi connectivity index (χ3n) is 1.52. The molecule has 1 atom stereocenters. The van der Waals surface area contributed by atoms with Gasteiger partial charge >= 0.3 is 0 Å². The molecule has 0 aromatic heterocycles. The monoisotopic (exact) mass is 181 g/mol. The summed E-state index contributed by atoms with van der Waals surface area (Å²) in [5.74, 6) is 0. The summed E-state index contributed by atoms with van der Waals surface area (Å²) in [6.45, 7) is 1.40. The molecule has 1 aromatic carbocycles. The van der Waals surface area contributed by atoms with Crippen molar-refractivity contribution in [2.75, 3.05) is 13.2 Å². The highest BCUT2D eigenvalue weighted by Crippen LogP contribution is 2.02. The molecule has 1 unspecified atom stereocenters. The molecule has 0 fully saturated rings. The Balaban J connectivity index is 2.20. The largest absolute Gasteiger partial charge is 0.394 e. The summed E-state index contributed by atoms with van der Waals surface area (Å²) in [6, 6.07) is 9.51. The zero-order chi connectivity index (χ0) is 9.52. The number of ether oxygens (including phenoxy) is 1. The van der Waals surface area contributed by atoms with Crippen LogP contribution in [0.5, 0.6) is 0 Å². The first-order valence-corrected chi connectivity index (χ1v) is 4.11. The smallest absolute Gasteiger partial charge is 0.113 e. The van der Waals surface area contributed by atoms with Gasteiger partial charge in [0.15, 0.2) is 0 Å². The van der Waals surface area contributed by atoms with Crippen molar-refractivity contribution in [1.82, 2.24) is 0 Å². The highest BCUT2D eigenvalue weighted by atomic mass is 16.5. The standard InChI is InChI=1S/C10H13O3/c11-6-10(12)8-13-7-9-4-2-1-3-5-9/h1-5,7,10-12H,6,8H2. The molecule has 1 rings (SSSR count). The normalized spacial score (nSPS) is 12.8. The molecule has 0 bridgehead atoms. The summed E-state index contributed by atoms with van der Waals surface area (Å²) in [4.78, 5) is 0. The Kier molecular flexibility index (Phi) is 4.46. The lowest BCUT2D eigenvalue weighted by Gasteiger charge is -2.07. The predicted octanol–water partition coefficient (Wildman–Crippen LogP) is 0.566. The first-order valence-electron chi connectivity index (χ1n) is 4.11. The minimum atomic E-state index is -0.806. The van der Waals surface area contributed by atoms with Gasteiger partial charge in [-0.3, -0.25) is 0 Å². The molecule has 2 N–H and O–H groups in total. The zero-order valence-electron chi connectivity index (χ0n) is 7.26. The minimum Gasteiger partial charge on any atom is -0.394 e. The zero-order valence-corrected chi connectivity index (χ0v) is 7.26. The Morgan fingerprint density at radius 1 is 1.31 bits per heavy atom. The summed E-state index contributed by atoms with van der Waals surface area (Å²) in [5, 5.41) is 17.4. The van der Waals surface area contributed by atoms with Crippen LogP contribution in [-0.4, -0.2) is 29.5 Å².